The molecule has 0 atom stereocenters. The Morgan fingerprint density at radius 1 is 1.35 bits per heavy atom. The maximum absolute atomic E-state index is 12.3. The number of halogens is 2. The van der Waals surface area contributed by atoms with Crippen LogP contribution in [0.3, 0.4) is 0 Å². The molecular weight excluding hydrogens is 301 g/mol. The molecule has 2 amide bonds. The number of carbonyl (C=O) groups excluding carboxylic acids is 2. The fourth-order valence-corrected chi connectivity index (χ4v) is 1.92. The molecule has 0 bridgehead atoms. The Hall–Kier alpha value is -1.33. The number of amides is 2. The van der Waals surface area contributed by atoms with E-state index in [1.165, 1.54) is 17.0 Å². The van der Waals surface area contributed by atoms with Crippen LogP contribution in [0.15, 0.2) is 12.1 Å². The topological polar surface area (TPSA) is 62.3 Å². The van der Waals surface area contributed by atoms with Crippen molar-refractivity contribution in [2.75, 3.05) is 13.1 Å². The average Bonchev–Trinajstić information content (AvgIpc) is 2.37. The van der Waals surface area contributed by atoms with Crippen molar-refractivity contribution >= 4 is 35.0 Å². The first kappa shape index (κ1) is 16.7. The molecule has 0 spiro atoms. The molecule has 20 heavy (non-hydrogen) atoms. The molecule has 1 aromatic rings. The van der Waals surface area contributed by atoms with Gasteiger partial charge in [0.15, 0.2) is 0 Å². The first-order chi connectivity index (χ1) is 9.35. The van der Waals surface area contributed by atoms with Crippen molar-refractivity contribution in [2.45, 2.75) is 26.8 Å². The van der Waals surface area contributed by atoms with Gasteiger partial charge in [-0.2, -0.15) is 0 Å². The minimum Gasteiger partial charge on any atom is -0.352 e. The second-order valence-corrected chi connectivity index (χ2v) is 5.30. The maximum atomic E-state index is 12.3. The van der Waals surface area contributed by atoms with Crippen LogP contribution >= 0.6 is 23.2 Å². The number of pyridine rings is 1. The van der Waals surface area contributed by atoms with Crippen LogP contribution in [0.1, 0.15) is 31.3 Å². The predicted octanol–water partition coefficient (Wildman–Crippen LogP) is 2.38. The van der Waals surface area contributed by atoms with Crippen LogP contribution in [0.25, 0.3) is 0 Å². The fraction of sp³-hybridized carbons (Fsp3) is 0.462. The van der Waals surface area contributed by atoms with E-state index in [-0.39, 0.29) is 34.4 Å². The first-order valence-corrected chi connectivity index (χ1v) is 7.01. The van der Waals surface area contributed by atoms with E-state index in [4.69, 9.17) is 23.2 Å². The van der Waals surface area contributed by atoms with E-state index in [9.17, 15) is 9.59 Å². The van der Waals surface area contributed by atoms with Crippen molar-refractivity contribution in [3.05, 3.63) is 28.0 Å². The number of rotatable bonds is 5. The van der Waals surface area contributed by atoms with Gasteiger partial charge in [-0.25, -0.2) is 4.98 Å². The van der Waals surface area contributed by atoms with Gasteiger partial charge >= 0.3 is 0 Å². The van der Waals surface area contributed by atoms with E-state index in [1.54, 1.807) is 6.92 Å². The minimum atomic E-state index is -0.418. The van der Waals surface area contributed by atoms with Crippen LogP contribution in [0.4, 0.5) is 0 Å². The summed E-state index contributed by atoms with van der Waals surface area (Å²) in [5.74, 6) is -0.646. The molecule has 7 heteroatoms. The summed E-state index contributed by atoms with van der Waals surface area (Å²) in [7, 11) is 0. The highest BCUT2D eigenvalue weighted by molar-refractivity contribution is 6.34. The molecule has 0 aliphatic rings. The number of nitrogens with zero attached hydrogens (tertiary/aromatic N) is 2. The van der Waals surface area contributed by atoms with Gasteiger partial charge in [-0.15, -0.1) is 0 Å². The average molecular weight is 318 g/mol. The lowest BCUT2D eigenvalue weighted by Gasteiger charge is -2.21. The molecule has 0 saturated carbocycles. The summed E-state index contributed by atoms with van der Waals surface area (Å²) >= 11 is 11.7. The zero-order chi connectivity index (χ0) is 15.3. The second kappa shape index (κ2) is 7.45. The third-order valence-electron chi connectivity index (χ3n) is 2.47. The fourth-order valence-electron chi connectivity index (χ4n) is 1.59. The van der Waals surface area contributed by atoms with Crippen molar-refractivity contribution in [1.82, 2.24) is 15.2 Å². The Labute approximate surface area is 128 Å². The highest BCUT2D eigenvalue weighted by Gasteiger charge is 2.21. The van der Waals surface area contributed by atoms with Gasteiger partial charge in [-0.05, 0) is 32.9 Å². The van der Waals surface area contributed by atoms with E-state index in [0.29, 0.717) is 6.54 Å². The highest BCUT2D eigenvalue weighted by Crippen LogP contribution is 2.18. The SMILES string of the molecule is CCN(CC(=O)NC(C)C)C(=O)c1nc(Cl)ccc1Cl. The Balaban J connectivity index is 2.86. The van der Waals surface area contributed by atoms with Crippen molar-refractivity contribution in [2.24, 2.45) is 0 Å². The van der Waals surface area contributed by atoms with Gasteiger partial charge in [-0.1, -0.05) is 23.2 Å². The summed E-state index contributed by atoms with van der Waals surface area (Å²) in [6.45, 7) is 5.81. The van der Waals surface area contributed by atoms with Crippen LogP contribution in [-0.2, 0) is 4.79 Å². The third kappa shape index (κ3) is 4.65. The van der Waals surface area contributed by atoms with Gasteiger partial charge in [0.1, 0.15) is 10.8 Å². The monoisotopic (exact) mass is 317 g/mol. The summed E-state index contributed by atoms with van der Waals surface area (Å²) in [6, 6.07) is 3.03. The van der Waals surface area contributed by atoms with E-state index in [1.807, 2.05) is 13.8 Å². The largest absolute Gasteiger partial charge is 0.352 e. The van der Waals surface area contributed by atoms with Gasteiger partial charge in [0.25, 0.3) is 5.91 Å². The van der Waals surface area contributed by atoms with E-state index in [2.05, 4.69) is 10.3 Å². The molecule has 0 aliphatic heterocycles. The van der Waals surface area contributed by atoms with Gasteiger partial charge in [0.2, 0.25) is 5.91 Å². The molecule has 0 aliphatic carbocycles. The molecule has 1 heterocycles. The second-order valence-electron chi connectivity index (χ2n) is 4.51. The molecule has 1 aromatic heterocycles. The third-order valence-corrected chi connectivity index (χ3v) is 2.98. The summed E-state index contributed by atoms with van der Waals surface area (Å²) in [4.78, 5) is 29.3. The summed E-state index contributed by atoms with van der Waals surface area (Å²) in [5.41, 5.74) is 0.0540. The molecule has 0 fully saturated rings. The van der Waals surface area contributed by atoms with Crippen LogP contribution in [0.5, 0.6) is 0 Å². The number of likely N-dealkylation sites (N-methyl/N-ethyl adjacent to an activating group) is 1. The van der Waals surface area contributed by atoms with Crippen molar-refractivity contribution in [3.63, 3.8) is 0 Å². The van der Waals surface area contributed by atoms with Crippen LogP contribution in [0.2, 0.25) is 10.2 Å². The van der Waals surface area contributed by atoms with Crippen molar-refractivity contribution in [1.29, 1.82) is 0 Å². The predicted molar refractivity (Wildman–Crippen MR) is 79.1 cm³/mol. The normalized spacial score (nSPS) is 10.5. The van der Waals surface area contributed by atoms with Crippen molar-refractivity contribution in [3.8, 4) is 0 Å². The zero-order valence-corrected chi connectivity index (χ0v) is 13.1. The smallest absolute Gasteiger partial charge is 0.274 e. The first-order valence-electron chi connectivity index (χ1n) is 6.25. The number of hydrogen-bond acceptors (Lipinski definition) is 3. The van der Waals surface area contributed by atoms with E-state index in [0.717, 1.165) is 0 Å². The van der Waals surface area contributed by atoms with E-state index >= 15 is 0 Å². The Morgan fingerprint density at radius 2 is 2.00 bits per heavy atom. The van der Waals surface area contributed by atoms with Crippen LogP contribution in [-0.4, -0.2) is 40.8 Å². The molecule has 0 saturated heterocycles. The summed E-state index contributed by atoms with van der Waals surface area (Å²) < 4.78 is 0. The standard InChI is InChI=1S/C13H17Cl2N3O2/c1-4-18(7-11(19)16-8(2)3)13(20)12-9(14)5-6-10(15)17-12/h5-6,8H,4,7H2,1-3H3,(H,16,19). The highest BCUT2D eigenvalue weighted by atomic mass is 35.5. The zero-order valence-electron chi connectivity index (χ0n) is 11.6. The molecule has 0 radical (unpaired) electrons. The lowest BCUT2D eigenvalue weighted by Crippen LogP contribution is -2.43. The summed E-state index contributed by atoms with van der Waals surface area (Å²) in [6.07, 6.45) is 0. The number of nitrogens with one attached hydrogen (secondary N) is 1. The van der Waals surface area contributed by atoms with Crippen LogP contribution in [0, 0.1) is 0 Å². The molecule has 1 rings (SSSR count). The Morgan fingerprint density at radius 3 is 2.55 bits per heavy atom. The molecule has 0 unspecified atom stereocenters. The summed E-state index contributed by atoms with van der Waals surface area (Å²) in [5, 5.41) is 3.12. The Kier molecular flexibility index (Phi) is 6.23. The van der Waals surface area contributed by atoms with E-state index < -0.39 is 5.91 Å². The Bertz CT molecular complexity index is 506. The quantitative estimate of drug-likeness (QED) is 0.848. The molecule has 110 valence electrons. The molecule has 1 N–H and O–H groups in total. The number of carbonyl (C=O) groups is 2. The van der Waals surface area contributed by atoms with Gasteiger partial charge in [0.05, 0.1) is 11.6 Å². The molecule has 5 nitrogen and oxygen atoms in total. The lowest BCUT2D eigenvalue weighted by atomic mass is 10.3. The van der Waals surface area contributed by atoms with Gasteiger partial charge in [0, 0.05) is 12.6 Å². The number of aromatic nitrogens is 1. The van der Waals surface area contributed by atoms with Gasteiger partial charge in [-0.3, -0.25) is 9.59 Å². The van der Waals surface area contributed by atoms with Crippen LogP contribution < -0.4 is 5.32 Å². The van der Waals surface area contributed by atoms with Gasteiger partial charge < -0.3 is 10.2 Å². The van der Waals surface area contributed by atoms with Crippen molar-refractivity contribution < 1.29 is 9.59 Å². The minimum absolute atomic E-state index is 0.0178. The molecule has 0 aromatic carbocycles. The molecular formula is C13H17Cl2N3O2. The number of hydrogen-bond donors (Lipinski definition) is 1. The maximum Gasteiger partial charge on any atom is 0.274 e. The lowest BCUT2D eigenvalue weighted by molar-refractivity contribution is -0.122.